The lowest BCUT2D eigenvalue weighted by Gasteiger charge is -2.39. The number of pyridine rings is 1. The summed E-state index contributed by atoms with van der Waals surface area (Å²) < 4.78 is 25.7. The van der Waals surface area contributed by atoms with Crippen LogP contribution in [0.5, 0.6) is 11.5 Å². The van der Waals surface area contributed by atoms with Gasteiger partial charge in [-0.15, -0.1) is 0 Å². The molecule has 0 saturated heterocycles. The van der Waals surface area contributed by atoms with E-state index in [1.54, 1.807) is 7.11 Å². The van der Waals surface area contributed by atoms with Gasteiger partial charge in [0.05, 0.1) is 37.4 Å². The summed E-state index contributed by atoms with van der Waals surface area (Å²) in [5.41, 5.74) is 11.2. The Morgan fingerprint density at radius 2 is 1.83 bits per heavy atom. The number of fused-ring (bicyclic) bond motifs is 2. The number of H-pyrrole nitrogens is 1. The van der Waals surface area contributed by atoms with Gasteiger partial charge < -0.3 is 29.4 Å². The third-order valence-electron chi connectivity index (χ3n) is 8.62. The highest BCUT2D eigenvalue weighted by Crippen LogP contribution is 2.38. The highest BCUT2D eigenvalue weighted by molar-refractivity contribution is 6.74. The van der Waals surface area contributed by atoms with Crippen molar-refractivity contribution >= 4 is 31.1 Å². The average Bonchev–Trinajstić information content (AvgIpc) is 3.65. The Kier molecular flexibility index (Phi) is 9.41. The predicted molar refractivity (Wildman–Crippen MR) is 182 cm³/mol. The Bertz CT molecular complexity index is 1840. The number of ether oxygens (including phenoxy) is 3. The second-order valence-electron chi connectivity index (χ2n) is 13.3. The molecule has 5 aromatic rings. The fourth-order valence-corrected chi connectivity index (χ4v) is 6.36. The number of nitrogens with zero attached hydrogens (tertiary/aromatic N) is 4. The molecule has 3 N–H and O–H groups in total. The normalized spacial score (nSPS) is 13.0. The Morgan fingerprint density at radius 1 is 1.07 bits per heavy atom. The molecule has 0 spiro atoms. The molecule has 46 heavy (non-hydrogen) atoms. The molecule has 244 valence electrons. The zero-order valence-corrected chi connectivity index (χ0v) is 28.9. The number of aromatic nitrogens is 5. The van der Waals surface area contributed by atoms with Crippen LogP contribution in [0.25, 0.3) is 39.2 Å². The summed E-state index contributed by atoms with van der Waals surface area (Å²) in [4.78, 5) is 24.0. The van der Waals surface area contributed by atoms with Crippen LogP contribution < -0.4 is 15.2 Å². The second-order valence-corrected chi connectivity index (χ2v) is 18.1. The number of hydrogen-bond acceptors (Lipinski definition) is 8. The molecule has 0 aliphatic rings. The van der Waals surface area contributed by atoms with Gasteiger partial charge in [-0.25, -0.2) is 19.3 Å². The summed E-state index contributed by atoms with van der Waals surface area (Å²) >= 11 is 0. The van der Waals surface area contributed by atoms with E-state index in [-0.39, 0.29) is 30.3 Å². The van der Waals surface area contributed by atoms with Crippen molar-refractivity contribution in [3.63, 3.8) is 0 Å². The van der Waals surface area contributed by atoms with Gasteiger partial charge in [-0.2, -0.15) is 5.10 Å². The molecule has 1 amide bonds. The van der Waals surface area contributed by atoms with Crippen LogP contribution in [0.3, 0.4) is 0 Å². The van der Waals surface area contributed by atoms with Crippen molar-refractivity contribution < 1.29 is 23.4 Å². The van der Waals surface area contributed by atoms with Crippen LogP contribution in [-0.4, -0.2) is 65.4 Å². The minimum atomic E-state index is -2.16. The van der Waals surface area contributed by atoms with Crippen LogP contribution >= 0.6 is 0 Å². The molecule has 5 rings (SSSR count). The first-order valence-electron chi connectivity index (χ1n) is 15.5. The van der Waals surface area contributed by atoms with Crippen LogP contribution in [0.4, 0.5) is 4.79 Å². The number of hydrogen-bond donors (Lipinski definition) is 2. The number of rotatable bonds is 12. The molecular weight excluding hydrogens is 600 g/mol. The first-order chi connectivity index (χ1) is 21.8. The Balaban J connectivity index is 1.53. The van der Waals surface area contributed by atoms with Gasteiger partial charge >= 0.3 is 6.09 Å². The molecule has 0 radical (unpaired) electrons. The molecule has 1 aromatic carbocycles. The first kappa shape index (κ1) is 33.0. The van der Waals surface area contributed by atoms with E-state index >= 15 is 0 Å². The zero-order chi connectivity index (χ0) is 33.2. The molecule has 0 bridgehead atoms. The van der Waals surface area contributed by atoms with Gasteiger partial charge in [-0.1, -0.05) is 34.6 Å². The van der Waals surface area contributed by atoms with E-state index in [1.807, 2.05) is 53.4 Å². The number of aromatic amines is 1. The summed E-state index contributed by atoms with van der Waals surface area (Å²) in [6.45, 7) is 15.6. The van der Waals surface area contributed by atoms with Crippen LogP contribution in [0.1, 0.15) is 52.5 Å². The number of nitrogens with two attached hydrogens (primary N) is 1. The summed E-state index contributed by atoms with van der Waals surface area (Å²) in [5.74, 6) is 1.45. The lowest BCUT2D eigenvalue weighted by atomic mass is 10.1. The number of methoxy groups -OCH3 is 1. The van der Waals surface area contributed by atoms with Gasteiger partial charge in [0.15, 0.2) is 14.0 Å². The molecule has 4 aromatic heterocycles. The maximum Gasteiger partial charge on any atom is 0.404 e. The number of nitrogens with one attached hydrogen (secondary N) is 1. The predicted octanol–water partition coefficient (Wildman–Crippen LogP) is 7.33. The molecule has 0 fully saturated rings. The molecular formula is C34H44N6O5Si. The standard InChI is InChI=1S/C34H44N6O5Si/c1-21(2)28-19-38-40-30(17-29(39-32(28)40)24-13-22-9-11-36-31(22)37-18-24)23-14-26(42-6)16-27(15-23)44-20-25(10-12-43-33(35)41)45-46(7,8)34(3,4)5/h9,11,13-19,21,25H,10,12,20H2,1-8H3,(H2,35,41)(H,36,37). The molecule has 11 nitrogen and oxygen atoms in total. The Hall–Kier alpha value is -4.42. The van der Waals surface area contributed by atoms with E-state index in [0.717, 1.165) is 44.8 Å². The zero-order valence-electron chi connectivity index (χ0n) is 27.9. The number of carbonyl (C=O) groups excluding carboxylic acids is 1. The van der Waals surface area contributed by atoms with Crippen molar-refractivity contribution in [2.24, 2.45) is 5.73 Å². The summed E-state index contributed by atoms with van der Waals surface area (Å²) in [7, 11) is -0.527. The van der Waals surface area contributed by atoms with Crippen LogP contribution in [0.15, 0.2) is 55.0 Å². The van der Waals surface area contributed by atoms with E-state index in [0.29, 0.717) is 17.9 Å². The average molecular weight is 645 g/mol. The highest BCUT2D eigenvalue weighted by Gasteiger charge is 2.39. The topological polar surface area (TPSA) is 139 Å². The smallest absolute Gasteiger partial charge is 0.404 e. The van der Waals surface area contributed by atoms with Gasteiger partial charge in [0, 0.05) is 47.0 Å². The number of primary amides is 1. The van der Waals surface area contributed by atoms with E-state index < -0.39 is 14.4 Å². The summed E-state index contributed by atoms with van der Waals surface area (Å²) in [5, 5.41) is 5.74. The van der Waals surface area contributed by atoms with Gasteiger partial charge in [-0.05, 0) is 54.4 Å². The SMILES string of the molecule is COc1cc(OCC(CCOC(N)=O)O[Si](C)(C)C(C)(C)C)cc(-c2cc(-c3cnc4[nH]ccc4c3)nc3c(C(C)C)cnn23)c1. The van der Waals surface area contributed by atoms with Crippen LogP contribution in [-0.2, 0) is 9.16 Å². The number of carbonyl (C=O) groups is 1. The molecule has 1 unspecified atom stereocenters. The van der Waals surface area contributed by atoms with Crippen LogP contribution in [0.2, 0.25) is 18.1 Å². The lowest BCUT2D eigenvalue weighted by molar-refractivity contribution is 0.0809. The van der Waals surface area contributed by atoms with Gasteiger partial charge in [0.25, 0.3) is 0 Å². The molecule has 4 heterocycles. The van der Waals surface area contributed by atoms with Crippen LogP contribution in [0, 0.1) is 0 Å². The quantitative estimate of drug-likeness (QED) is 0.135. The summed E-state index contributed by atoms with van der Waals surface area (Å²) in [6, 6.07) is 11.9. The molecule has 0 aliphatic heterocycles. The first-order valence-corrected chi connectivity index (χ1v) is 18.4. The minimum Gasteiger partial charge on any atom is -0.497 e. The number of amides is 1. The fraction of sp³-hybridized carbons (Fsp3) is 0.412. The Morgan fingerprint density at radius 3 is 2.52 bits per heavy atom. The number of benzene rings is 1. The van der Waals surface area contributed by atoms with Gasteiger partial charge in [-0.3, -0.25) is 0 Å². The maximum absolute atomic E-state index is 11.2. The van der Waals surface area contributed by atoms with Gasteiger partial charge in [0.2, 0.25) is 0 Å². The van der Waals surface area contributed by atoms with Crippen molar-refractivity contribution in [2.75, 3.05) is 20.3 Å². The van der Waals surface area contributed by atoms with Crippen molar-refractivity contribution in [3.8, 4) is 34.0 Å². The molecule has 12 heteroatoms. The molecule has 0 aliphatic carbocycles. The van der Waals surface area contributed by atoms with Crippen molar-refractivity contribution in [2.45, 2.75) is 71.2 Å². The Labute approximate surface area is 270 Å². The van der Waals surface area contributed by atoms with E-state index in [1.165, 1.54) is 0 Å². The largest absolute Gasteiger partial charge is 0.497 e. The second kappa shape index (κ2) is 13.1. The van der Waals surface area contributed by atoms with E-state index in [4.69, 9.17) is 34.5 Å². The third-order valence-corrected chi connectivity index (χ3v) is 13.2. The summed E-state index contributed by atoms with van der Waals surface area (Å²) in [6.07, 6.45) is 4.91. The fourth-order valence-electron chi connectivity index (χ4n) is 4.99. The molecule has 0 saturated carbocycles. The third kappa shape index (κ3) is 7.18. The maximum atomic E-state index is 11.2. The van der Waals surface area contributed by atoms with Crippen molar-refractivity contribution in [3.05, 3.63) is 60.6 Å². The van der Waals surface area contributed by atoms with Crippen molar-refractivity contribution in [1.82, 2.24) is 24.6 Å². The van der Waals surface area contributed by atoms with Crippen molar-refractivity contribution in [1.29, 1.82) is 0 Å². The van der Waals surface area contributed by atoms with Gasteiger partial charge in [0.1, 0.15) is 23.8 Å². The monoisotopic (exact) mass is 644 g/mol. The minimum absolute atomic E-state index is 0.0108. The molecule has 1 atom stereocenters. The van der Waals surface area contributed by atoms with E-state index in [9.17, 15) is 4.79 Å². The lowest BCUT2D eigenvalue weighted by Crippen LogP contribution is -2.45. The highest BCUT2D eigenvalue weighted by atomic mass is 28.4. The van der Waals surface area contributed by atoms with E-state index in [2.05, 4.69) is 63.7 Å².